The number of nitro groups is 1. The van der Waals surface area contributed by atoms with E-state index in [1.165, 1.54) is 24.3 Å². The average Bonchev–Trinajstić information content (AvgIpc) is 3.47. The van der Waals surface area contributed by atoms with E-state index in [2.05, 4.69) is 10.3 Å². The van der Waals surface area contributed by atoms with Crippen LogP contribution in [0.4, 0.5) is 5.69 Å². The fraction of sp³-hybridized carbons (Fsp3) is 0.227. The molecule has 0 spiro atoms. The largest absolute Gasteiger partial charge is 0.466 e. The molecule has 0 bridgehead atoms. The Hall–Kier alpha value is -4.05. The summed E-state index contributed by atoms with van der Waals surface area (Å²) in [5.74, 6) is -0.944. The molecule has 0 amide bonds. The zero-order chi connectivity index (χ0) is 22.9. The third-order valence-corrected chi connectivity index (χ3v) is 5.28. The lowest BCUT2D eigenvalue weighted by Gasteiger charge is -2.26. The van der Waals surface area contributed by atoms with Gasteiger partial charge in [-0.25, -0.2) is 4.79 Å². The molecule has 1 aromatic heterocycles. The highest BCUT2D eigenvalue weighted by molar-refractivity contribution is 6.07. The number of carbonyl (C=O) groups is 1. The molecule has 0 saturated carbocycles. The second-order valence-corrected chi connectivity index (χ2v) is 7.34. The van der Waals surface area contributed by atoms with Gasteiger partial charge in [0.05, 0.1) is 29.7 Å². The van der Waals surface area contributed by atoms with E-state index < -0.39 is 22.6 Å². The van der Waals surface area contributed by atoms with Crippen LogP contribution in [0, 0.1) is 17.0 Å². The summed E-state index contributed by atoms with van der Waals surface area (Å²) in [6.45, 7) is 1.95. The maximum atomic E-state index is 12.7. The normalized spacial score (nSPS) is 18.5. The summed E-state index contributed by atoms with van der Waals surface area (Å²) in [6.07, 6.45) is -1.91. The van der Waals surface area contributed by atoms with Crippen LogP contribution in [0.25, 0.3) is 11.3 Å². The van der Waals surface area contributed by atoms with Gasteiger partial charge in [-0.05, 0) is 13.0 Å². The predicted octanol–water partition coefficient (Wildman–Crippen LogP) is 3.33. The van der Waals surface area contributed by atoms with Gasteiger partial charge in [0, 0.05) is 17.7 Å². The van der Waals surface area contributed by atoms with Crippen LogP contribution in [-0.2, 0) is 14.4 Å². The van der Waals surface area contributed by atoms with Gasteiger partial charge in [0.15, 0.2) is 11.9 Å². The van der Waals surface area contributed by atoms with Crippen molar-refractivity contribution in [2.45, 2.75) is 25.0 Å². The maximum Gasteiger partial charge on any atom is 0.356 e. The van der Waals surface area contributed by atoms with Gasteiger partial charge in [-0.1, -0.05) is 52.3 Å². The van der Waals surface area contributed by atoms with Gasteiger partial charge in [0.2, 0.25) is 0 Å². The number of benzene rings is 2. The molecule has 1 aliphatic rings. The van der Waals surface area contributed by atoms with Crippen LogP contribution < -0.4 is 0 Å². The van der Waals surface area contributed by atoms with E-state index in [0.717, 1.165) is 18.2 Å². The van der Waals surface area contributed by atoms with E-state index in [4.69, 9.17) is 14.1 Å². The van der Waals surface area contributed by atoms with E-state index in [1.807, 2.05) is 31.2 Å². The van der Waals surface area contributed by atoms with Crippen LogP contribution in [-0.4, -0.2) is 39.6 Å². The number of nitro benzene ring substituents is 1. The molecule has 164 valence electrons. The van der Waals surface area contributed by atoms with Crippen LogP contribution in [0.5, 0.6) is 0 Å². The van der Waals surface area contributed by atoms with E-state index in [0.29, 0.717) is 5.69 Å². The highest BCUT2D eigenvalue weighted by Crippen LogP contribution is 2.41. The van der Waals surface area contributed by atoms with Gasteiger partial charge in [0.1, 0.15) is 5.69 Å². The minimum atomic E-state index is -1.99. The fourth-order valence-electron chi connectivity index (χ4n) is 3.52. The molecule has 2 atom stereocenters. The molecule has 1 N–H and O–H groups in total. The third kappa shape index (κ3) is 3.60. The summed E-state index contributed by atoms with van der Waals surface area (Å²) in [6, 6.07) is 14.9. The van der Waals surface area contributed by atoms with E-state index >= 15 is 0 Å². The Morgan fingerprint density at radius 3 is 2.66 bits per heavy atom. The Morgan fingerprint density at radius 2 is 1.97 bits per heavy atom. The number of aromatic nitrogens is 1. The van der Waals surface area contributed by atoms with Gasteiger partial charge in [0.25, 0.3) is 11.3 Å². The van der Waals surface area contributed by atoms with Crippen LogP contribution >= 0.6 is 0 Å². The fourth-order valence-corrected chi connectivity index (χ4v) is 3.52. The lowest BCUT2D eigenvalue weighted by atomic mass is 9.87. The molecule has 10 heteroatoms. The molecule has 0 radical (unpaired) electrons. The monoisotopic (exact) mass is 437 g/mol. The van der Waals surface area contributed by atoms with Gasteiger partial charge in [-0.3, -0.25) is 10.1 Å². The van der Waals surface area contributed by atoms with Crippen LogP contribution in [0.1, 0.15) is 29.4 Å². The molecule has 3 aromatic rings. The molecule has 10 nitrogen and oxygen atoms in total. The lowest BCUT2D eigenvalue weighted by molar-refractivity contribution is -0.385. The molecule has 1 aliphatic heterocycles. The van der Waals surface area contributed by atoms with Gasteiger partial charge >= 0.3 is 5.97 Å². The number of aliphatic hydroxyl groups is 1. The van der Waals surface area contributed by atoms with Crippen molar-refractivity contribution in [3.05, 3.63) is 81.6 Å². The summed E-state index contributed by atoms with van der Waals surface area (Å²) in [7, 11) is 1.14. The number of methoxy groups -OCH3 is 1. The van der Waals surface area contributed by atoms with Crippen molar-refractivity contribution in [3.63, 3.8) is 0 Å². The molecular formula is C22H19N3O7. The average molecular weight is 437 g/mol. The number of aryl methyl sites for hydroxylation is 1. The van der Waals surface area contributed by atoms with Gasteiger partial charge in [-0.15, -0.1) is 0 Å². The quantitative estimate of drug-likeness (QED) is 0.352. The molecule has 2 unspecified atom stereocenters. The molecule has 32 heavy (non-hydrogen) atoms. The van der Waals surface area contributed by atoms with Crippen LogP contribution in [0.15, 0.2) is 64.3 Å². The lowest BCUT2D eigenvalue weighted by Crippen LogP contribution is -2.45. The van der Waals surface area contributed by atoms with Crippen molar-refractivity contribution in [3.8, 4) is 11.3 Å². The minimum Gasteiger partial charge on any atom is -0.466 e. The third-order valence-electron chi connectivity index (χ3n) is 5.28. The van der Waals surface area contributed by atoms with E-state index in [1.54, 1.807) is 6.07 Å². The Labute approximate surface area is 182 Å². The number of esters is 1. The number of carbonyl (C=O) groups excluding carboxylic acids is 1. The van der Waals surface area contributed by atoms with Crippen LogP contribution in [0.3, 0.4) is 0 Å². The second kappa shape index (κ2) is 8.23. The standard InChI is InChI=1S/C22H19N3O7/c1-13-7-9-14(10-8-13)16-11-19(31-23-16)20(26)22(21(27)30-2)12-17(24-32-22)15-5-3-4-6-18(15)25(28)29/h3-11,20,26H,12H2,1-2H3. The van der Waals surface area contributed by atoms with E-state index in [-0.39, 0.29) is 29.1 Å². The van der Waals surface area contributed by atoms with Crippen molar-refractivity contribution in [1.29, 1.82) is 0 Å². The maximum absolute atomic E-state index is 12.7. The highest BCUT2D eigenvalue weighted by atomic mass is 16.7. The van der Waals surface area contributed by atoms with Crippen molar-refractivity contribution < 1.29 is 28.9 Å². The molecule has 0 aliphatic carbocycles. The zero-order valence-corrected chi connectivity index (χ0v) is 17.2. The first-order valence-corrected chi connectivity index (χ1v) is 9.64. The molecule has 2 heterocycles. The number of hydrogen-bond donors (Lipinski definition) is 1. The summed E-state index contributed by atoms with van der Waals surface area (Å²) in [5, 5.41) is 30.3. The van der Waals surface area contributed by atoms with Crippen molar-refractivity contribution in [1.82, 2.24) is 5.16 Å². The first kappa shape index (κ1) is 21.2. The predicted molar refractivity (Wildman–Crippen MR) is 112 cm³/mol. The Balaban J connectivity index is 1.66. The first-order valence-electron chi connectivity index (χ1n) is 9.64. The number of oxime groups is 1. The van der Waals surface area contributed by atoms with Crippen molar-refractivity contribution in [2.24, 2.45) is 5.16 Å². The number of ether oxygens (including phenoxy) is 1. The topological polar surface area (TPSA) is 137 Å². The highest BCUT2D eigenvalue weighted by Gasteiger charge is 2.56. The van der Waals surface area contributed by atoms with Gasteiger partial charge < -0.3 is 19.2 Å². The Morgan fingerprint density at radius 1 is 1.25 bits per heavy atom. The molecule has 4 rings (SSSR count). The number of nitrogens with zero attached hydrogens (tertiary/aromatic N) is 3. The summed E-state index contributed by atoms with van der Waals surface area (Å²) in [5.41, 5.74) is 0.393. The zero-order valence-electron chi connectivity index (χ0n) is 17.2. The summed E-state index contributed by atoms with van der Waals surface area (Å²) in [4.78, 5) is 28.9. The van der Waals surface area contributed by atoms with Crippen molar-refractivity contribution >= 4 is 17.4 Å². The van der Waals surface area contributed by atoms with Crippen molar-refractivity contribution in [2.75, 3.05) is 7.11 Å². The Bertz CT molecular complexity index is 1200. The number of para-hydroxylation sites is 1. The molecule has 0 saturated heterocycles. The first-order chi connectivity index (χ1) is 15.4. The minimum absolute atomic E-state index is 0.0370. The summed E-state index contributed by atoms with van der Waals surface area (Å²) >= 11 is 0. The summed E-state index contributed by atoms with van der Waals surface area (Å²) < 4.78 is 10.2. The SMILES string of the molecule is COC(=O)C1(C(O)c2cc(-c3ccc(C)cc3)no2)CC(c2ccccc2[N+](=O)[O-])=NO1. The smallest absolute Gasteiger partial charge is 0.356 e. The molecule has 2 aromatic carbocycles. The number of aliphatic hydroxyl groups excluding tert-OH is 1. The number of hydrogen-bond acceptors (Lipinski definition) is 9. The second-order valence-electron chi connectivity index (χ2n) is 7.34. The van der Waals surface area contributed by atoms with Crippen LogP contribution in [0.2, 0.25) is 0 Å². The van der Waals surface area contributed by atoms with E-state index in [9.17, 15) is 20.0 Å². The molecular weight excluding hydrogens is 418 g/mol. The Kier molecular flexibility index (Phi) is 5.45. The molecule has 0 fully saturated rings. The van der Waals surface area contributed by atoms with Gasteiger partial charge in [-0.2, -0.15) is 0 Å². The number of rotatable bonds is 6.